The fourth-order valence-electron chi connectivity index (χ4n) is 1.87. The van der Waals surface area contributed by atoms with Crippen molar-refractivity contribution in [2.45, 2.75) is 25.8 Å². The van der Waals surface area contributed by atoms with Crippen LogP contribution in [0.1, 0.15) is 19.8 Å². The van der Waals surface area contributed by atoms with E-state index in [2.05, 4.69) is 15.4 Å². The van der Waals surface area contributed by atoms with Crippen LogP contribution in [0, 0.1) is 5.92 Å². The predicted octanol–water partition coefficient (Wildman–Crippen LogP) is 0.0855. The number of hydrogen-bond donors (Lipinski definition) is 2. The van der Waals surface area contributed by atoms with E-state index < -0.39 is 5.97 Å². The Balaban J connectivity index is 0.00000225. The first-order valence-corrected chi connectivity index (χ1v) is 5.27. The van der Waals surface area contributed by atoms with Crippen molar-refractivity contribution in [2.24, 2.45) is 5.92 Å². The third-order valence-corrected chi connectivity index (χ3v) is 2.76. The Kier molecular flexibility index (Phi) is 7.08. The maximum atomic E-state index is 11.7. The molecule has 5 nitrogen and oxygen atoms in total. The number of halogens is 1. The van der Waals surface area contributed by atoms with E-state index >= 15 is 0 Å². The van der Waals surface area contributed by atoms with Crippen molar-refractivity contribution in [3.8, 4) is 0 Å². The quantitative estimate of drug-likeness (QED) is 0.694. The number of esters is 1. The lowest BCUT2D eigenvalue weighted by molar-refractivity contribution is -0.141. The smallest absolute Gasteiger partial charge is 0.325 e. The Morgan fingerprint density at radius 2 is 2.19 bits per heavy atom. The molecule has 2 atom stereocenters. The molecule has 0 aliphatic carbocycles. The van der Waals surface area contributed by atoms with Crippen molar-refractivity contribution in [2.75, 3.05) is 20.2 Å². The zero-order chi connectivity index (χ0) is 11.3. The van der Waals surface area contributed by atoms with Crippen molar-refractivity contribution in [3.63, 3.8) is 0 Å². The van der Waals surface area contributed by atoms with Crippen molar-refractivity contribution in [1.29, 1.82) is 0 Å². The van der Waals surface area contributed by atoms with Gasteiger partial charge in [0.15, 0.2) is 0 Å². The van der Waals surface area contributed by atoms with Gasteiger partial charge in [-0.1, -0.05) is 6.92 Å². The van der Waals surface area contributed by atoms with Gasteiger partial charge < -0.3 is 15.4 Å². The van der Waals surface area contributed by atoms with Gasteiger partial charge in [-0.25, -0.2) is 0 Å². The summed E-state index contributed by atoms with van der Waals surface area (Å²) in [4.78, 5) is 22.5. The molecule has 2 N–H and O–H groups in total. The van der Waals surface area contributed by atoms with Gasteiger partial charge in [0.1, 0.15) is 6.54 Å². The number of carbonyl (C=O) groups is 2. The molecule has 0 aromatic rings. The van der Waals surface area contributed by atoms with E-state index in [0.717, 1.165) is 19.4 Å². The van der Waals surface area contributed by atoms with E-state index in [-0.39, 0.29) is 36.8 Å². The van der Waals surface area contributed by atoms with Crippen LogP contribution in [0.4, 0.5) is 0 Å². The average molecular weight is 251 g/mol. The molecule has 0 bridgehead atoms. The van der Waals surface area contributed by atoms with Gasteiger partial charge in [0.25, 0.3) is 0 Å². The molecule has 0 radical (unpaired) electrons. The molecule has 2 unspecified atom stereocenters. The van der Waals surface area contributed by atoms with Gasteiger partial charge in [0, 0.05) is 6.04 Å². The number of methoxy groups -OCH3 is 1. The maximum absolute atomic E-state index is 11.7. The van der Waals surface area contributed by atoms with Crippen LogP contribution in [-0.4, -0.2) is 38.1 Å². The summed E-state index contributed by atoms with van der Waals surface area (Å²) >= 11 is 0. The van der Waals surface area contributed by atoms with Gasteiger partial charge in [-0.3, -0.25) is 9.59 Å². The first-order chi connectivity index (χ1) is 7.19. The largest absolute Gasteiger partial charge is 0.468 e. The van der Waals surface area contributed by atoms with Crippen LogP contribution >= 0.6 is 12.4 Å². The minimum absolute atomic E-state index is 0. The predicted molar refractivity (Wildman–Crippen MR) is 62.5 cm³/mol. The molecule has 1 heterocycles. The third-order valence-electron chi connectivity index (χ3n) is 2.76. The molecule has 16 heavy (non-hydrogen) atoms. The summed E-state index contributed by atoms with van der Waals surface area (Å²) in [7, 11) is 1.31. The maximum Gasteiger partial charge on any atom is 0.325 e. The van der Waals surface area contributed by atoms with Gasteiger partial charge in [0.2, 0.25) is 5.91 Å². The van der Waals surface area contributed by atoms with Crippen molar-refractivity contribution >= 4 is 24.3 Å². The van der Waals surface area contributed by atoms with Crippen LogP contribution in [0.25, 0.3) is 0 Å². The van der Waals surface area contributed by atoms with Gasteiger partial charge in [-0.15, -0.1) is 12.4 Å². The number of amides is 1. The standard InChI is InChI=1S/C10H18N2O3.ClH/c1-3-8-7(4-5-11-8)10(14)12-6-9(13)15-2;/h7-8,11H,3-6H2,1-2H3,(H,12,14);1H. The van der Waals surface area contributed by atoms with Crippen LogP contribution in [-0.2, 0) is 14.3 Å². The molecule has 0 aromatic carbocycles. The summed E-state index contributed by atoms with van der Waals surface area (Å²) in [6.45, 7) is 2.88. The van der Waals surface area contributed by atoms with E-state index in [1.807, 2.05) is 6.92 Å². The van der Waals surface area contributed by atoms with Gasteiger partial charge in [-0.05, 0) is 19.4 Å². The lowest BCUT2D eigenvalue weighted by Crippen LogP contribution is -2.40. The van der Waals surface area contributed by atoms with Gasteiger partial charge >= 0.3 is 5.97 Å². The Hall–Kier alpha value is -0.810. The average Bonchev–Trinajstić information content (AvgIpc) is 2.73. The molecule has 1 saturated heterocycles. The van der Waals surface area contributed by atoms with Crippen molar-refractivity contribution in [1.82, 2.24) is 10.6 Å². The van der Waals surface area contributed by atoms with Crippen LogP contribution in [0.2, 0.25) is 0 Å². The highest BCUT2D eigenvalue weighted by molar-refractivity contribution is 5.85. The zero-order valence-electron chi connectivity index (χ0n) is 9.62. The molecule has 0 aromatic heterocycles. The number of ether oxygens (including phenoxy) is 1. The topological polar surface area (TPSA) is 67.4 Å². The Labute approximate surface area is 102 Å². The number of nitrogens with one attached hydrogen (secondary N) is 2. The van der Waals surface area contributed by atoms with Crippen molar-refractivity contribution < 1.29 is 14.3 Å². The molecule has 1 fully saturated rings. The fourth-order valence-corrected chi connectivity index (χ4v) is 1.87. The molecular weight excluding hydrogens is 232 g/mol. The molecule has 6 heteroatoms. The van der Waals surface area contributed by atoms with E-state index in [1.165, 1.54) is 7.11 Å². The Morgan fingerprint density at radius 3 is 2.75 bits per heavy atom. The summed E-state index contributed by atoms with van der Waals surface area (Å²) in [5, 5.41) is 5.85. The highest BCUT2D eigenvalue weighted by atomic mass is 35.5. The molecule has 1 amide bonds. The minimum atomic E-state index is -0.414. The van der Waals surface area contributed by atoms with Crippen LogP contribution in [0.15, 0.2) is 0 Å². The van der Waals surface area contributed by atoms with Crippen LogP contribution in [0.5, 0.6) is 0 Å². The normalized spacial score (nSPS) is 23.4. The summed E-state index contributed by atoms with van der Waals surface area (Å²) in [5.41, 5.74) is 0. The van der Waals surface area contributed by atoms with E-state index in [9.17, 15) is 9.59 Å². The molecule has 1 rings (SSSR count). The summed E-state index contributed by atoms with van der Waals surface area (Å²) in [6.07, 6.45) is 1.77. The Bertz CT molecular complexity index is 248. The van der Waals surface area contributed by atoms with Crippen LogP contribution < -0.4 is 10.6 Å². The highest BCUT2D eigenvalue weighted by Gasteiger charge is 2.31. The number of hydrogen-bond acceptors (Lipinski definition) is 4. The molecule has 0 spiro atoms. The second-order valence-electron chi connectivity index (χ2n) is 3.66. The summed E-state index contributed by atoms with van der Waals surface area (Å²) in [5.74, 6) is -0.487. The van der Waals surface area contributed by atoms with E-state index in [4.69, 9.17) is 0 Å². The Morgan fingerprint density at radius 1 is 1.50 bits per heavy atom. The fraction of sp³-hybridized carbons (Fsp3) is 0.800. The summed E-state index contributed by atoms with van der Waals surface area (Å²) in [6, 6.07) is 0.239. The minimum Gasteiger partial charge on any atom is -0.468 e. The summed E-state index contributed by atoms with van der Waals surface area (Å²) < 4.78 is 4.45. The zero-order valence-corrected chi connectivity index (χ0v) is 10.4. The van der Waals surface area contributed by atoms with Gasteiger partial charge in [0.05, 0.1) is 13.0 Å². The highest BCUT2D eigenvalue weighted by Crippen LogP contribution is 2.17. The lowest BCUT2D eigenvalue weighted by atomic mass is 9.98. The lowest BCUT2D eigenvalue weighted by Gasteiger charge is -2.16. The van der Waals surface area contributed by atoms with Crippen molar-refractivity contribution in [3.05, 3.63) is 0 Å². The third kappa shape index (κ3) is 3.98. The molecule has 94 valence electrons. The second-order valence-corrected chi connectivity index (χ2v) is 3.66. The van der Waals surface area contributed by atoms with E-state index in [1.54, 1.807) is 0 Å². The molecule has 1 aliphatic heterocycles. The second kappa shape index (κ2) is 7.46. The SMILES string of the molecule is CCC1NCCC1C(=O)NCC(=O)OC.Cl. The van der Waals surface area contributed by atoms with E-state index in [0.29, 0.717) is 0 Å². The monoisotopic (exact) mass is 250 g/mol. The van der Waals surface area contributed by atoms with Crippen LogP contribution in [0.3, 0.4) is 0 Å². The number of rotatable bonds is 4. The molecule has 0 saturated carbocycles. The molecular formula is C10H19ClN2O3. The number of carbonyl (C=O) groups excluding carboxylic acids is 2. The van der Waals surface area contributed by atoms with Gasteiger partial charge in [-0.2, -0.15) is 0 Å². The first kappa shape index (κ1) is 15.2. The molecule has 1 aliphatic rings. The first-order valence-electron chi connectivity index (χ1n) is 5.27.